The molecule has 0 radical (unpaired) electrons. The van der Waals surface area contributed by atoms with E-state index in [-0.39, 0.29) is 24.0 Å². The molecule has 0 fully saturated rings. The van der Waals surface area contributed by atoms with Crippen LogP contribution in [-0.4, -0.2) is 0 Å². The Morgan fingerprint density at radius 1 is 0.875 bits per heavy atom. The standard InChI is InChI=1S/C14H14N.HI/c1-3-8-14(9-4-1)10-7-13-15-11-5-2-6-12-15;/h1-12H,13H2;1H/q+1;/p-1. The number of pyridine rings is 1. The summed E-state index contributed by atoms with van der Waals surface area (Å²) in [5, 5.41) is 0. The van der Waals surface area contributed by atoms with Gasteiger partial charge in [0.1, 0.15) is 0 Å². The Labute approximate surface area is 113 Å². The van der Waals surface area contributed by atoms with E-state index in [9.17, 15) is 0 Å². The van der Waals surface area contributed by atoms with Gasteiger partial charge in [-0.3, -0.25) is 0 Å². The van der Waals surface area contributed by atoms with E-state index in [4.69, 9.17) is 0 Å². The average molecular weight is 323 g/mol. The maximum Gasteiger partial charge on any atom is 0.169 e. The Hall–Kier alpha value is -1.16. The van der Waals surface area contributed by atoms with Crippen molar-refractivity contribution in [2.24, 2.45) is 0 Å². The van der Waals surface area contributed by atoms with E-state index in [2.05, 4.69) is 53.4 Å². The first kappa shape index (κ1) is 12.9. The average Bonchev–Trinajstić information content (AvgIpc) is 2.32. The maximum atomic E-state index is 2.16. The van der Waals surface area contributed by atoms with Crippen LogP contribution in [-0.2, 0) is 6.54 Å². The molecule has 0 bridgehead atoms. The molecule has 2 rings (SSSR count). The molecule has 0 saturated carbocycles. The van der Waals surface area contributed by atoms with Crippen LogP contribution in [0.3, 0.4) is 0 Å². The highest BCUT2D eigenvalue weighted by Gasteiger charge is 1.91. The van der Waals surface area contributed by atoms with Gasteiger partial charge in [0.2, 0.25) is 0 Å². The van der Waals surface area contributed by atoms with Crippen molar-refractivity contribution in [3.05, 3.63) is 72.6 Å². The van der Waals surface area contributed by atoms with Crippen LogP contribution in [0.4, 0.5) is 0 Å². The molecule has 1 heterocycles. The van der Waals surface area contributed by atoms with Crippen LogP contribution in [0.5, 0.6) is 0 Å². The Morgan fingerprint density at radius 3 is 2.19 bits per heavy atom. The molecule has 1 nitrogen and oxygen atoms in total. The Balaban J connectivity index is 0.00000128. The summed E-state index contributed by atoms with van der Waals surface area (Å²) in [6.07, 6.45) is 8.43. The molecule has 16 heavy (non-hydrogen) atoms. The van der Waals surface area contributed by atoms with Gasteiger partial charge < -0.3 is 24.0 Å². The smallest absolute Gasteiger partial charge is 0.169 e. The molecule has 0 aliphatic rings. The minimum atomic E-state index is 0. The summed E-state index contributed by atoms with van der Waals surface area (Å²) in [5.74, 6) is 0. The van der Waals surface area contributed by atoms with E-state index < -0.39 is 0 Å². The van der Waals surface area contributed by atoms with Crippen LogP contribution in [0.25, 0.3) is 6.08 Å². The van der Waals surface area contributed by atoms with Crippen molar-refractivity contribution in [1.82, 2.24) is 0 Å². The number of rotatable bonds is 3. The summed E-state index contributed by atoms with van der Waals surface area (Å²) in [4.78, 5) is 0. The SMILES string of the molecule is C(=Cc1ccccc1)C[n+]1ccccc1.[I-]. The number of hydrogen-bond donors (Lipinski definition) is 0. The molecule has 0 saturated heterocycles. The highest BCUT2D eigenvalue weighted by Crippen LogP contribution is 2.00. The minimum Gasteiger partial charge on any atom is -1.00 e. The van der Waals surface area contributed by atoms with Crippen molar-refractivity contribution < 1.29 is 28.5 Å². The zero-order chi connectivity index (χ0) is 10.3. The molecular weight excluding hydrogens is 309 g/mol. The van der Waals surface area contributed by atoms with Gasteiger partial charge in [-0.25, -0.2) is 4.57 Å². The third kappa shape index (κ3) is 4.14. The molecule has 0 amide bonds. The summed E-state index contributed by atoms with van der Waals surface area (Å²) in [7, 11) is 0. The fraction of sp³-hybridized carbons (Fsp3) is 0.0714. The van der Waals surface area contributed by atoms with E-state index in [1.165, 1.54) is 5.56 Å². The summed E-state index contributed by atoms with van der Waals surface area (Å²) >= 11 is 0. The number of hydrogen-bond acceptors (Lipinski definition) is 0. The normalized spacial score (nSPS) is 10.0. The van der Waals surface area contributed by atoms with E-state index in [0.717, 1.165) is 6.54 Å². The fourth-order valence-electron chi connectivity index (χ4n) is 1.43. The second kappa shape index (κ2) is 7.17. The molecule has 0 aliphatic heterocycles. The quantitative estimate of drug-likeness (QED) is 0.539. The maximum absolute atomic E-state index is 2.16. The van der Waals surface area contributed by atoms with Crippen LogP contribution >= 0.6 is 0 Å². The van der Waals surface area contributed by atoms with Crippen LogP contribution < -0.4 is 28.5 Å². The van der Waals surface area contributed by atoms with Crippen LogP contribution in [0.15, 0.2) is 67.0 Å². The molecule has 82 valence electrons. The summed E-state index contributed by atoms with van der Waals surface area (Å²) in [6.45, 7) is 0.912. The van der Waals surface area contributed by atoms with Gasteiger partial charge in [-0.2, -0.15) is 0 Å². The molecule has 0 N–H and O–H groups in total. The van der Waals surface area contributed by atoms with Gasteiger partial charge >= 0.3 is 0 Å². The van der Waals surface area contributed by atoms with Gasteiger partial charge in [-0.1, -0.05) is 42.5 Å². The van der Waals surface area contributed by atoms with Gasteiger partial charge in [0, 0.05) is 12.1 Å². The van der Waals surface area contributed by atoms with E-state index in [0.29, 0.717) is 0 Å². The number of aromatic nitrogens is 1. The van der Waals surface area contributed by atoms with Crippen molar-refractivity contribution in [2.75, 3.05) is 0 Å². The highest BCUT2D eigenvalue weighted by molar-refractivity contribution is 5.48. The number of benzene rings is 1. The predicted octanol–water partition coefficient (Wildman–Crippen LogP) is -0.308. The van der Waals surface area contributed by atoms with Gasteiger partial charge in [0.25, 0.3) is 0 Å². The van der Waals surface area contributed by atoms with E-state index in [1.807, 2.05) is 24.3 Å². The third-order valence-corrected chi connectivity index (χ3v) is 2.20. The lowest BCUT2D eigenvalue weighted by Gasteiger charge is -1.91. The first-order valence-electron chi connectivity index (χ1n) is 5.11. The third-order valence-electron chi connectivity index (χ3n) is 2.20. The Bertz CT molecular complexity index is 423. The zero-order valence-electron chi connectivity index (χ0n) is 8.96. The van der Waals surface area contributed by atoms with Crippen LogP contribution in [0.1, 0.15) is 5.56 Å². The lowest BCUT2D eigenvalue weighted by Crippen LogP contribution is -3.00. The van der Waals surface area contributed by atoms with Gasteiger partial charge in [-0.05, 0) is 11.6 Å². The first-order valence-corrected chi connectivity index (χ1v) is 5.11. The molecule has 0 spiro atoms. The minimum absolute atomic E-state index is 0. The number of halogens is 1. The monoisotopic (exact) mass is 323 g/mol. The second-order valence-electron chi connectivity index (χ2n) is 3.39. The molecule has 1 aromatic heterocycles. The molecule has 0 atom stereocenters. The number of nitrogens with zero attached hydrogens (tertiary/aromatic N) is 1. The molecule has 0 unspecified atom stereocenters. The summed E-state index contributed by atoms with van der Waals surface area (Å²) in [5.41, 5.74) is 1.24. The molecule has 2 heteroatoms. The van der Waals surface area contributed by atoms with Gasteiger partial charge in [0.15, 0.2) is 18.9 Å². The lowest BCUT2D eigenvalue weighted by molar-refractivity contribution is -0.686. The van der Waals surface area contributed by atoms with Crippen molar-refractivity contribution >= 4 is 6.08 Å². The fourth-order valence-corrected chi connectivity index (χ4v) is 1.43. The van der Waals surface area contributed by atoms with Crippen molar-refractivity contribution in [1.29, 1.82) is 0 Å². The number of allylic oxidation sites excluding steroid dienone is 1. The van der Waals surface area contributed by atoms with Crippen LogP contribution in [0.2, 0.25) is 0 Å². The predicted molar refractivity (Wildman–Crippen MR) is 62.1 cm³/mol. The van der Waals surface area contributed by atoms with E-state index in [1.54, 1.807) is 0 Å². The molecular formula is C14H14IN. The summed E-state index contributed by atoms with van der Waals surface area (Å²) < 4.78 is 2.14. The molecule has 1 aromatic carbocycles. The van der Waals surface area contributed by atoms with Gasteiger partial charge in [0.05, 0.1) is 0 Å². The van der Waals surface area contributed by atoms with Crippen molar-refractivity contribution in [2.45, 2.75) is 6.54 Å². The topological polar surface area (TPSA) is 3.88 Å². The molecule has 2 aromatic rings. The Morgan fingerprint density at radius 2 is 1.50 bits per heavy atom. The van der Waals surface area contributed by atoms with E-state index >= 15 is 0 Å². The summed E-state index contributed by atoms with van der Waals surface area (Å²) in [6, 6.07) is 16.4. The lowest BCUT2D eigenvalue weighted by atomic mass is 10.2. The van der Waals surface area contributed by atoms with Crippen LogP contribution in [0, 0.1) is 0 Å². The Kier molecular flexibility index (Phi) is 5.78. The highest BCUT2D eigenvalue weighted by atomic mass is 127. The second-order valence-corrected chi connectivity index (χ2v) is 3.39. The largest absolute Gasteiger partial charge is 1.00 e. The molecule has 0 aliphatic carbocycles. The van der Waals surface area contributed by atoms with Gasteiger partial charge in [-0.15, -0.1) is 0 Å². The zero-order valence-corrected chi connectivity index (χ0v) is 11.1. The van der Waals surface area contributed by atoms with Crippen molar-refractivity contribution in [3.8, 4) is 0 Å². The first-order chi connectivity index (χ1) is 7.45. The van der Waals surface area contributed by atoms with Crippen molar-refractivity contribution in [3.63, 3.8) is 0 Å².